The standard InChI is InChI=1S/C17H20N2O3/c1-2-21-11-13-6-7-19(10-13)17(20)15-5-3-4-14(8-15)16-9-18-12-22-16/h3-5,8-9,12-13H,2,6-7,10-11H2,1H3/t13-/m0/s1. The summed E-state index contributed by atoms with van der Waals surface area (Å²) in [6.45, 7) is 5.02. The van der Waals surface area contributed by atoms with Gasteiger partial charge in [-0.2, -0.15) is 0 Å². The molecule has 1 fully saturated rings. The second-order valence-electron chi connectivity index (χ2n) is 5.51. The van der Waals surface area contributed by atoms with Crippen molar-refractivity contribution in [3.05, 3.63) is 42.4 Å². The number of benzene rings is 1. The third-order valence-corrected chi connectivity index (χ3v) is 3.96. The van der Waals surface area contributed by atoms with E-state index in [2.05, 4.69) is 4.98 Å². The summed E-state index contributed by atoms with van der Waals surface area (Å²) in [5, 5.41) is 0. The maximum absolute atomic E-state index is 12.6. The van der Waals surface area contributed by atoms with Gasteiger partial charge in [0.2, 0.25) is 0 Å². The Kier molecular flexibility index (Phi) is 4.53. The van der Waals surface area contributed by atoms with E-state index in [9.17, 15) is 4.79 Å². The first-order chi connectivity index (χ1) is 10.8. The summed E-state index contributed by atoms with van der Waals surface area (Å²) in [4.78, 5) is 18.4. The van der Waals surface area contributed by atoms with Gasteiger partial charge >= 0.3 is 0 Å². The molecule has 0 radical (unpaired) electrons. The molecule has 1 saturated heterocycles. The predicted molar refractivity (Wildman–Crippen MR) is 82.4 cm³/mol. The molecule has 1 aliphatic rings. The lowest BCUT2D eigenvalue weighted by Gasteiger charge is -2.17. The number of likely N-dealkylation sites (tertiary alicyclic amines) is 1. The van der Waals surface area contributed by atoms with E-state index in [4.69, 9.17) is 9.15 Å². The van der Waals surface area contributed by atoms with Crippen LogP contribution >= 0.6 is 0 Å². The number of amides is 1. The molecular weight excluding hydrogens is 280 g/mol. The molecule has 1 aromatic carbocycles. The Balaban J connectivity index is 1.69. The van der Waals surface area contributed by atoms with Crippen molar-refractivity contribution < 1.29 is 13.9 Å². The molecule has 22 heavy (non-hydrogen) atoms. The Labute approximate surface area is 129 Å². The van der Waals surface area contributed by atoms with Crippen LogP contribution in [-0.4, -0.2) is 42.1 Å². The molecular formula is C17H20N2O3. The van der Waals surface area contributed by atoms with E-state index in [-0.39, 0.29) is 5.91 Å². The number of ether oxygens (including phenoxy) is 1. The molecule has 1 aliphatic heterocycles. The van der Waals surface area contributed by atoms with Gasteiger partial charge in [0.1, 0.15) is 0 Å². The highest BCUT2D eigenvalue weighted by atomic mass is 16.5. The van der Waals surface area contributed by atoms with Crippen LogP contribution in [0, 0.1) is 5.92 Å². The fourth-order valence-electron chi connectivity index (χ4n) is 2.78. The molecule has 1 amide bonds. The molecule has 3 rings (SSSR count). The zero-order valence-electron chi connectivity index (χ0n) is 12.7. The summed E-state index contributed by atoms with van der Waals surface area (Å²) < 4.78 is 10.8. The molecule has 0 spiro atoms. The Hall–Kier alpha value is -2.14. The number of rotatable bonds is 5. The van der Waals surface area contributed by atoms with Crippen molar-refractivity contribution in [2.75, 3.05) is 26.3 Å². The SMILES string of the molecule is CCOC[C@H]1CCN(C(=O)c2cccc(-c3cnco3)c2)C1. The van der Waals surface area contributed by atoms with E-state index in [1.165, 1.54) is 6.39 Å². The van der Waals surface area contributed by atoms with E-state index < -0.39 is 0 Å². The van der Waals surface area contributed by atoms with Crippen LogP contribution in [0.5, 0.6) is 0 Å². The number of hydrogen-bond acceptors (Lipinski definition) is 4. The average Bonchev–Trinajstić information content (AvgIpc) is 3.24. The lowest BCUT2D eigenvalue weighted by atomic mass is 10.1. The molecule has 2 aromatic rings. The second kappa shape index (κ2) is 6.75. The smallest absolute Gasteiger partial charge is 0.253 e. The van der Waals surface area contributed by atoms with Crippen LogP contribution in [0.2, 0.25) is 0 Å². The van der Waals surface area contributed by atoms with Crippen LogP contribution in [0.1, 0.15) is 23.7 Å². The van der Waals surface area contributed by atoms with Crippen LogP contribution in [-0.2, 0) is 4.74 Å². The first-order valence-corrected chi connectivity index (χ1v) is 7.64. The number of nitrogens with zero attached hydrogens (tertiary/aromatic N) is 2. The molecule has 0 bridgehead atoms. The van der Waals surface area contributed by atoms with Crippen LogP contribution in [0.15, 0.2) is 41.3 Å². The summed E-state index contributed by atoms with van der Waals surface area (Å²) in [6.07, 6.45) is 4.05. The zero-order valence-corrected chi connectivity index (χ0v) is 12.7. The highest BCUT2D eigenvalue weighted by Crippen LogP contribution is 2.23. The van der Waals surface area contributed by atoms with Crippen LogP contribution in [0.3, 0.4) is 0 Å². The van der Waals surface area contributed by atoms with Crippen LogP contribution in [0.25, 0.3) is 11.3 Å². The molecule has 0 saturated carbocycles. The fourth-order valence-corrected chi connectivity index (χ4v) is 2.78. The summed E-state index contributed by atoms with van der Waals surface area (Å²) in [6, 6.07) is 7.49. The minimum Gasteiger partial charge on any atom is -0.444 e. The molecule has 1 aromatic heterocycles. The minimum absolute atomic E-state index is 0.0698. The van der Waals surface area contributed by atoms with Gasteiger partial charge in [-0.3, -0.25) is 4.79 Å². The van der Waals surface area contributed by atoms with Crippen molar-refractivity contribution in [3.8, 4) is 11.3 Å². The number of carbonyl (C=O) groups excluding carboxylic acids is 1. The van der Waals surface area contributed by atoms with Crippen LogP contribution < -0.4 is 0 Å². The second-order valence-corrected chi connectivity index (χ2v) is 5.51. The Morgan fingerprint density at radius 3 is 3.18 bits per heavy atom. The van der Waals surface area contributed by atoms with E-state index in [0.29, 0.717) is 17.2 Å². The van der Waals surface area contributed by atoms with Crippen molar-refractivity contribution >= 4 is 5.91 Å². The minimum atomic E-state index is 0.0698. The maximum atomic E-state index is 12.6. The summed E-state index contributed by atoms with van der Waals surface area (Å²) in [7, 11) is 0. The number of carbonyl (C=O) groups is 1. The monoisotopic (exact) mass is 300 g/mol. The Morgan fingerprint density at radius 2 is 2.41 bits per heavy atom. The van der Waals surface area contributed by atoms with Gasteiger partial charge in [-0.05, 0) is 25.5 Å². The lowest BCUT2D eigenvalue weighted by Crippen LogP contribution is -2.29. The van der Waals surface area contributed by atoms with Crippen molar-refractivity contribution in [1.82, 2.24) is 9.88 Å². The number of aromatic nitrogens is 1. The number of hydrogen-bond donors (Lipinski definition) is 0. The fraction of sp³-hybridized carbons (Fsp3) is 0.412. The van der Waals surface area contributed by atoms with E-state index >= 15 is 0 Å². The molecule has 5 heteroatoms. The van der Waals surface area contributed by atoms with Gasteiger partial charge in [0.15, 0.2) is 12.2 Å². The highest BCUT2D eigenvalue weighted by molar-refractivity contribution is 5.95. The molecule has 116 valence electrons. The number of oxazole rings is 1. The molecule has 0 aliphatic carbocycles. The molecule has 2 heterocycles. The van der Waals surface area contributed by atoms with Crippen molar-refractivity contribution in [1.29, 1.82) is 0 Å². The summed E-state index contributed by atoms with van der Waals surface area (Å²) >= 11 is 0. The lowest BCUT2D eigenvalue weighted by molar-refractivity contribution is 0.0763. The van der Waals surface area contributed by atoms with Crippen molar-refractivity contribution in [2.24, 2.45) is 5.92 Å². The maximum Gasteiger partial charge on any atom is 0.253 e. The van der Waals surface area contributed by atoms with Gasteiger partial charge < -0.3 is 14.1 Å². The predicted octanol–water partition coefficient (Wildman–Crippen LogP) is 2.84. The third-order valence-electron chi connectivity index (χ3n) is 3.96. The topological polar surface area (TPSA) is 55.6 Å². The summed E-state index contributed by atoms with van der Waals surface area (Å²) in [5.74, 6) is 1.19. The van der Waals surface area contributed by atoms with Gasteiger partial charge in [-0.25, -0.2) is 4.98 Å². The van der Waals surface area contributed by atoms with E-state index in [1.807, 2.05) is 36.1 Å². The van der Waals surface area contributed by atoms with Gasteiger partial charge in [0.05, 0.1) is 12.8 Å². The Morgan fingerprint density at radius 1 is 1.50 bits per heavy atom. The molecule has 1 atom stereocenters. The normalized spacial score (nSPS) is 17.9. The first kappa shape index (κ1) is 14.8. The van der Waals surface area contributed by atoms with Gasteiger partial charge in [-0.15, -0.1) is 0 Å². The largest absolute Gasteiger partial charge is 0.444 e. The van der Waals surface area contributed by atoms with E-state index in [0.717, 1.165) is 38.3 Å². The van der Waals surface area contributed by atoms with Crippen LogP contribution in [0.4, 0.5) is 0 Å². The first-order valence-electron chi connectivity index (χ1n) is 7.64. The average molecular weight is 300 g/mol. The Bertz CT molecular complexity index is 625. The molecule has 5 nitrogen and oxygen atoms in total. The molecule has 0 N–H and O–H groups in total. The zero-order chi connectivity index (χ0) is 15.4. The summed E-state index contributed by atoms with van der Waals surface area (Å²) in [5.41, 5.74) is 1.55. The quantitative estimate of drug-likeness (QED) is 0.852. The molecule has 0 unspecified atom stereocenters. The van der Waals surface area contributed by atoms with Gasteiger partial charge in [-0.1, -0.05) is 12.1 Å². The van der Waals surface area contributed by atoms with Gasteiger partial charge in [0.25, 0.3) is 5.91 Å². The highest BCUT2D eigenvalue weighted by Gasteiger charge is 2.27. The van der Waals surface area contributed by atoms with Crippen molar-refractivity contribution in [2.45, 2.75) is 13.3 Å². The van der Waals surface area contributed by atoms with Crippen molar-refractivity contribution in [3.63, 3.8) is 0 Å². The van der Waals surface area contributed by atoms with Gasteiger partial charge in [0, 0.05) is 36.7 Å². The third kappa shape index (κ3) is 3.20. The van der Waals surface area contributed by atoms with E-state index in [1.54, 1.807) is 6.20 Å².